The van der Waals surface area contributed by atoms with Crippen LogP contribution in [0.5, 0.6) is 11.5 Å². The van der Waals surface area contributed by atoms with Crippen molar-refractivity contribution in [3.8, 4) is 11.5 Å². The molecule has 16 heavy (non-hydrogen) atoms. The Morgan fingerprint density at radius 1 is 1.38 bits per heavy atom. The Labute approximate surface area is 102 Å². The predicted molar refractivity (Wildman–Crippen MR) is 65.4 cm³/mol. The molecule has 0 aliphatic carbocycles. The summed E-state index contributed by atoms with van der Waals surface area (Å²) in [4.78, 5) is 0. The Morgan fingerprint density at radius 2 is 2.06 bits per heavy atom. The summed E-state index contributed by atoms with van der Waals surface area (Å²) in [5.74, 6) is 1.33. The number of rotatable bonds is 5. The monoisotopic (exact) mass is 247 g/mol. The van der Waals surface area contributed by atoms with Crippen molar-refractivity contribution in [2.24, 2.45) is 5.73 Å². The highest BCUT2D eigenvalue weighted by Gasteiger charge is 2.09. The normalized spacial score (nSPS) is 11.5. The largest absolute Gasteiger partial charge is 0.493 e. The number of halogens is 1. The lowest BCUT2D eigenvalue weighted by Gasteiger charge is -2.13. The third-order valence-electron chi connectivity index (χ3n) is 2.11. The minimum Gasteiger partial charge on any atom is -0.493 e. The van der Waals surface area contributed by atoms with Crippen LogP contribution >= 0.6 is 12.4 Å². The van der Waals surface area contributed by atoms with E-state index in [1.807, 2.05) is 13.0 Å². The van der Waals surface area contributed by atoms with Crippen LogP contribution < -0.4 is 15.2 Å². The standard InChI is InChI=1S/C11H17NO3.ClH/c1-3-15-10-5-4-8(9(12)7-13)6-11(10)14-2;/h4-6,9,13H,3,7,12H2,1-2H3;1H/t9-;/m0./s1. The first-order chi connectivity index (χ1) is 7.22. The highest BCUT2D eigenvalue weighted by Crippen LogP contribution is 2.29. The van der Waals surface area contributed by atoms with Gasteiger partial charge in [-0.15, -0.1) is 12.4 Å². The number of aliphatic hydroxyl groups is 1. The zero-order chi connectivity index (χ0) is 11.3. The van der Waals surface area contributed by atoms with Crippen LogP contribution in [0.25, 0.3) is 0 Å². The number of benzene rings is 1. The quantitative estimate of drug-likeness (QED) is 0.828. The fraction of sp³-hybridized carbons (Fsp3) is 0.455. The summed E-state index contributed by atoms with van der Waals surface area (Å²) in [5, 5.41) is 8.93. The van der Waals surface area contributed by atoms with Crippen molar-refractivity contribution in [3.63, 3.8) is 0 Å². The summed E-state index contributed by atoms with van der Waals surface area (Å²) in [6, 6.07) is 5.03. The van der Waals surface area contributed by atoms with Gasteiger partial charge >= 0.3 is 0 Å². The van der Waals surface area contributed by atoms with E-state index in [9.17, 15) is 0 Å². The molecule has 0 saturated carbocycles. The van der Waals surface area contributed by atoms with Crippen LogP contribution in [0.4, 0.5) is 0 Å². The summed E-state index contributed by atoms with van der Waals surface area (Å²) >= 11 is 0. The summed E-state index contributed by atoms with van der Waals surface area (Å²) < 4.78 is 10.5. The average molecular weight is 248 g/mol. The van der Waals surface area contributed by atoms with E-state index in [2.05, 4.69) is 0 Å². The van der Waals surface area contributed by atoms with Gasteiger partial charge in [0.25, 0.3) is 0 Å². The Morgan fingerprint density at radius 3 is 2.56 bits per heavy atom. The van der Waals surface area contributed by atoms with Crippen molar-refractivity contribution in [2.75, 3.05) is 20.3 Å². The Kier molecular flexibility index (Phi) is 6.88. The van der Waals surface area contributed by atoms with E-state index in [-0.39, 0.29) is 25.1 Å². The maximum absolute atomic E-state index is 8.93. The lowest BCUT2D eigenvalue weighted by atomic mass is 10.1. The van der Waals surface area contributed by atoms with Gasteiger partial charge in [-0.3, -0.25) is 0 Å². The lowest BCUT2D eigenvalue weighted by Crippen LogP contribution is -2.14. The molecule has 4 nitrogen and oxygen atoms in total. The van der Waals surface area contributed by atoms with Crippen LogP contribution in [-0.4, -0.2) is 25.4 Å². The number of methoxy groups -OCH3 is 1. The Hall–Kier alpha value is -0.970. The molecule has 0 amide bonds. The van der Waals surface area contributed by atoms with Gasteiger partial charge in [-0.05, 0) is 24.6 Å². The zero-order valence-corrected chi connectivity index (χ0v) is 10.3. The molecule has 0 saturated heterocycles. The first kappa shape index (κ1) is 15.0. The molecular weight excluding hydrogens is 230 g/mol. The molecule has 0 aliphatic heterocycles. The third kappa shape index (κ3) is 3.56. The molecule has 1 aromatic rings. The van der Waals surface area contributed by atoms with Crippen molar-refractivity contribution in [1.82, 2.24) is 0 Å². The molecule has 0 spiro atoms. The highest BCUT2D eigenvalue weighted by molar-refractivity contribution is 5.85. The van der Waals surface area contributed by atoms with Crippen molar-refractivity contribution >= 4 is 12.4 Å². The molecule has 0 unspecified atom stereocenters. The van der Waals surface area contributed by atoms with Crippen molar-refractivity contribution < 1.29 is 14.6 Å². The predicted octanol–water partition coefficient (Wildman–Crippen LogP) is 1.51. The first-order valence-electron chi connectivity index (χ1n) is 4.90. The van der Waals surface area contributed by atoms with Gasteiger partial charge < -0.3 is 20.3 Å². The van der Waals surface area contributed by atoms with E-state index in [1.165, 1.54) is 0 Å². The number of aliphatic hydroxyl groups excluding tert-OH is 1. The van der Waals surface area contributed by atoms with Gasteiger partial charge in [0.1, 0.15) is 0 Å². The van der Waals surface area contributed by atoms with E-state index in [1.54, 1.807) is 19.2 Å². The molecule has 0 heterocycles. The number of hydrogen-bond acceptors (Lipinski definition) is 4. The molecular formula is C11H18ClNO3. The third-order valence-corrected chi connectivity index (χ3v) is 2.11. The van der Waals surface area contributed by atoms with Crippen LogP contribution in [0.2, 0.25) is 0 Å². The van der Waals surface area contributed by atoms with Gasteiger partial charge in [0.2, 0.25) is 0 Å². The van der Waals surface area contributed by atoms with Crippen LogP contribution in [-0.2, 0) is 0 Å². The molecule has 1 atom stereocenters. The fourth-order valence-corrected chi connectivity index (χ4v) is 1.29. The number of ether oxygens (including phenoxy) is 2. The Balaban J connectivity index is 0.00000225. The molecule has 3 N–H and O–H groups in total. The second-order valence-electron chi connectivity index (χ2n) is 3.13. The molecule has 0 bridgehead atoms. The Bertz CT molecular complexity index is 320. The van der Waals surface area contributed by atoms with Crippen LogP contribution in [0.15, 0.2) is 18.2 Å². The molecule has 0 radical (unpaired) electrons. The average Bonchev–Trinajstić information content (AvgIpc) is 2.29. The summed E-state index contributed by atoms with van der Waals surface area (Å²) in [5.41, 5.74) is 6.53. The first-order valence-corrected chi connectivity index (χ1v) is 4.90. The van der Waals surface area contributed by atoms with E-state index in [0.717, 1.165) is 5.56 Å². The molecule has 92 valence electrons. The topological polar surface area (TPSA) is 64.7 Å². The van der Waals surface area contributed by atoms with E-state index < -0.39 is 0 Å². The van der Waals surface area contributed by atoms with Crippen molar-refractivity contribution in [1.29, 1.82) is 0 Å². The van der Waals surface area contributed by atoms with E-state index in [4.69, 9.17) is 20.3 Å². The van der Waals surface area contributed by atoms with Crippen LogP contribution in [0.3, 0.4) is 0 Å². The van der Waals surface area contributed by atoms with E-state index in [0.29, 0.717) is 18.1 Å². The molecule has 0 fully saturated rings. The van der Waals surface area contributed by atoms with Gasteiger partial charge in [0.15, 0.2) is 11.5 Å². The van der Waals surface area contributed by atoms with Crippen LogP contribution in [0, 0.1) is 0 Å². The minimum atomic E-state index is -0.380. The maximum atomic E-state index is 8.93. The molecule has 0 aliphatic rings. The SMILES string of the molecule is CCOc1ccc([C@@H](N)CO)cc1OC.Cl. The molecule has 1 rings (SSSR count). The van der Waals surface area contributed by atoms with Gasteiger partial charge in [0.05, 0.1) is 26.4 Å². The van der Waals surface area contributed by atoms with E-state index >= 15 is 0 Å². The lowest BCUT2D eigenvalue weighted by molar-refractivity contribution is 0.267. The number of nitrogens with two attached hydrogens (primary N) is 1. The minimum absolute atomic E-state index is 0. The van der Waals surface area contributed by atoms with Gasteiger partial charge in [0, 0.05) is 0 Å². The summed E-state index contributed by atoms with van der Waals surface area (Å²) in [7, 11) is 1.58. The van der Waals surface area contributed by atoms with Crippen molar-refractivity contribution in [2.45, 2.75) is 13.0 Å². The maximum Gasteiger partial charge on any atom is 0.161 e. The smallest absolute Gasteiger partial charge is 0.161 e. The van der Waals surface area contributed by atoms with Gasteiger partial charge in [-0.25, -0.2) is 0 Å². The fourth-order valence-electron chi connectivity index (χ4n) is 1.29. The second kappa shape index (κ2) is 7.33. The van der Waals surface area contributed by atoms with Crippen molar-refractivity contribution in [3.05, 3.63) is 23.8 Å². The summed E-state index contributed by atoms with van der Waals surface area (Å²) in [6.07, 6.45) is 0. The number of hydrogen-bond donors (Lipinski definition) is 2. The zero-order valence-electron chi connectivity index (χ0n) is 9.47. The molecule has 1 aromatic carbocycles. The molecule has 5 heteroatoms. The van der Waals surface area contributed by atoms with Gasteiger partial charge in [-0.2, -0.15) is 0 Å². The highest BCUT2D eigenvalue weighted by atomic mass is 35.5. The second-order valence-corrected chi connectivity index (χ2v) is 3.13. The van der Waals surface area contributed by atoms with Crippen LogP contribution in [0.1, 0.15) is 18.5 Å². The van der Waals surface area contributed by atoms with Gasteiger partial charge in [-0.1, -0.05) is 6.07 Å². The molecule has 0 aromatic heterocycles. The summed E-state index contributed by atoms with van der Waals surface area (Å²) in [6.45, 7) is 2.41.